The molecule has 0 aliphatic carbocycles. The van der Waals surface area contributed by atoms with Crippen LogP contribution in [-0.2, 0) is 19.1 Å². The fourth-order valence-electron chi connectivity index (χ4n) is 1.20. The quantitative estimate of drug-likeness (QED) is 0.523. The highest BCUT2D eigenvalue weighted by Gasteiger charge is 2.45. The molecule has 0 unspecified atom stereocenters. The van der Waals surface area contributed by atoms with Crippen LogP contribution in [0.3, 0.4) is 0 Å². The summed E-state index contributed by atoms with van der Waals surface area (Å²) in [4.78, 5) is 23.4. The van der Waals surface area contributed by atoms with Gasteiger partial charge in [-0.25, -0.2) is 9.59 Å². The Morgan fingerprint density at radius 3 is 2.12 bits per heavy atom. The Labute approximate surface area is 101 Å². The number of carbonyl (C=O) groups excluding carboxylic acids is 2. The van der Waals surface area contributed by atoms with Crippen LogP contribution in [0.1, 0.15) is 33.6 Å². The molecule has 0 aliphatic heterocycles. The van der Waals surface area contributed by atoms with Crippen molar-refractivity contribution in [3.63, 3.8) is 0 Å². The average Bonchev–Trinajstić information content (AvgIpc) is 2.22. The smallest absolute Gasteiger partial charge is 0.338 e. The summed E-state index contributed by atoms with van der Waals surface area (Å²) in [6.45, 7) is 4.86. The van der Waals surface area contributed by atoms with Gasteiger partial charge in [0.15, 0.2) is 0 Å². The maximum absolute atomic E-state index is 11.9. The molecule has 0 aromatic carbocycles. The van der Waals surface area contributed by atoms with Crippen molar-refractivity contribution in [2.45, 2.75) is 44.8 Å². The Bertz CT molecular complexity index is 284. The van der Waals surface area contributed by atoms with Crippen LogP contribution in [0.15, 0.2) is 0 Å². The zero-order chi connectivity index (χ0) is 13.7. The van der Waals surface area contributed by atoms with Crippen LogP contribution in [0.2, 0.25) is 0 Å². The lowest BCUT2D eigenvalue weighted by molar-refractivity contribution is -0.171. The first-order valence-corrected chi connectivity index (χ1v) is 5.39. The molecule has 0 aliphatic rings. The summed E-state index contributed by atoms with van der Waals surface area (Å²) >= 11 is 0. The molecule has 0 fully saturated rings. The molecular formula is C11H21NO5. The number of carbonyl (C=O) groups is 2. The fraction of sp³-hybridized carbons (Fsp3) is 0.818. The summed E-state index contributed by atoms with van der Waals surface area (Å²) in [6.07, 6.45) is 0.190. The molecule has 0 saturated heterocycles. The van der Waals surface area contributed by atoms with E-state index in [2.05, 4.69) is 4.74 Å². The average molecular weight is 247 g/mol. The van der Waals surface area contributed by atoms with E-state index in [1.54, 1.807) is 20.8 Å². The van der Waals surface area contributed by atoms with Crippen molar-refractivity contribution in [2.75, 3.05) is 13.7 Å². The van der Waals surface area contributed by atoms with Crippen LogP contribution in [0.5, 0.6) is 0 Å². The minimum absolute atomic E-state index is 0.0227. The zero-order valence-electron chi connectivity index (χ0n) is 10.8. The van der Waals surface area contributed by atoms with Crippen molar-refractivity contribution < 1.29 is 24.2 Å². The number of esters is 2. The van der Waals surface area contributed by atoms with Gasteiger partial charge in [-0.05, 0) is 33.6 Å². The highest BCUT2D eigenvalue weighted by atomic mass is 16.6. The fourth-order valence-corrected chi connectivity index (χ4v) is 1.20. The Balaban J connectivity index is 4.91. The van der Waals surface area contributed by atoms with Crippen LogP contribution < -0.4 is 5.73 Å². The van der Waals surface area contributed by atoms with Gasteiger partial charge in [-0.1, -0.05) is 0 Å². The predicted molar refractivity (Wildman–Crippen MR) is 61.1 cm³/mol. The van der Waals surface area contributed by atoms with Crippen molar-refractivity contribution in [1.29, 1.82) is 0 Å². The lowest BCUT2D eigenvalue weighted by atomic mass is 9.94. The number of nitrogens with two attached hydrogens (primary N) is 1. The highest BCUT2D eigenvalue weighted by Crippen LogP contribution is 2.18. The molecule has 0 bridgehead atoms. The Morgan fingerprint density at radius 2 is 1.76 bits per heavy atom. The van der Waals surface area contributed by atoms with Gasteiger partial charge in [0.1, 0.15) is 5.60 Å². The van der Waals surface area contributed by atoms with Crippen LogP contribution >= 0.6 is 0 Å². The molecule has 1 atom stereocenters. The van der Waals surface area contributed by atoms with Crippen molar-refractivity contribution in [2.24, 2.45) is 5.73 Å². The number of aliphatic hydroxyl groups is 1. The molecule has 6 heteroatoms. The third kappa shape index (κ3) is 4.70. The van der Waals surface area contributed by atoms with Gasteiger partial charge in [-0.15, -0.1) is 0 Å². The molecule has 0 aromatic heterocycles. The number of hydrogen-bond donors (Lipinski definition) is 2. The largest absolute Gasteiger partial charge is 0.467 e. The van der Waals surface area contributed by atoms with Gasteiger partial charge in [-0.3, -0.25) is 0 Å². The van der Waals surface area contributed by atoms with E-state index < -0.39 is 23.1 Å². The Kier molecular flexibility index (Phi) is 5.57. The van der Waals surface area contributed by atoms with E-state index in [4.69, 9.17) is 15.6 Å². The van der Waals surface area contributed by atoms with Crippen molar-refractivity contribution in [3.8, 4) is 0 Å². The molecule has 0 spiro atoms. The predicted octanol–water partition coefficient (Wildman–Crippen LogP) is -0.0289. The summed E-state index contributed by atoms with van der Waals surface area (Å²) in [5.74, 6) is -1.70. The van der Waals surface area contributed by atoms with Gasteiger partial charge in [0.25, 0.3) is 0 Å². The van der Waals surface area contributed by atoms with Crippen molar-refractivity contribution in [1.82, 2.24) is 0 Å². The third-order valence-corrected chi connectivity index (χ3v) is 2.04. The molecule has 0 radical (unpaired) electrons. The lowest BCUT2D eigenvalue weighted by Crippen LogP contribution is -2.57. The van der Waals surface area contributed by atoms with E-state index in [9.17, 15) is 9.59 Å². The molecular weight excluding hydrogens is 226 g/mol. The third-order valence-electron chi connectivity index (χ3n) is 2.04. The summed E-state index contributed by atoms with van der Waals surface area (Å²) in [6, 6.07) is 0. The van der Waals surface area contributed by atoms with Gasteiger partial charge in [0.05, 0.1) is 7.11 Å². The highest BCUT2D eigenvalue weighted by molar-refractivity contribution is 6.04. The van der Waals surface area contributed by atoms with Crippen molar-refractivity contribution >= 4 is 11.9 Å². The Hall–Kier alpha value is -1.14. The molecule has 17 heavy (non-hydrogen) atoms. The van der Waals surface area contributed by atoms with E-state index in [-0.39, 0.29) is 19.4 Å². The van der Waals surface area contributed by atoms with Gasteiger partial charge in [0.2, 0.25) is 5.54 Å². The van der Waals surface area contributed by atoms with E-state index in [1.807, 2.05) is 0 Å². The number of rotatable bonds is 5. The number of methoxy groups -OCH3 is 1. The van der Waals surface area contributed by atoms with E-state index in [1.165, 1.54) is 0 Å². The molecule has 0 heterocycles. The number of ether oxygens (including phenoxy) is 2. The molecule has 0 saturated carbocycles. The second-order valence-corrected chi connectivity index (χ2v) is 4.79. The van der Waals surface area contributed by atoms with Crippen LogP contribution in [0, 0.1) is 0 Å². The molecule has 6 nitrogen and oxygen atoms in total. The molecule has 0 rings (SSSR count). The normalized spacial score (nSPS) is 14.9. The summed E-state index contributed by atoms with van der Waals surface area (Å²) in [5.41, 5.74) is 3.13. The van der Waals surface area contributed by atoms with Gasteiger partial charge >= 0.3 is 11.9 Å². The van der Waals surface area contributed by atoms with Crippen molar-refractivity contribution in [3.05, 3.63) is 0 Å². The van der Waals surface area contributed by atoms with Crippen LogP contribution in [0.4, 0.5) is 0 Å². The SMILES string of the molecule is COC(=O)[C@@](N)(CCCO)C(=O)OC(C)(C)C. The second-order valence-electron chi connectivity index (χ2n) is 4.79. The summed E-state index contributed by atoms with van der Waals surface area (Å²) in [5, 5.41) is 8.74. The van der Waals surface area contributed by atoms with Crippen LogP contribution in [0.25, 0.3) is 0 Å². The second kappa shape index (κ2) is 5.97. The maximum atomic E-state index is 11.9. The monoisotopic (exact) mass is 247 g/mol. The topological polar surface area (TPSA) is 98.9 Å². The first kappa shape index (κ1) is 15.9. The van der Waals surface area contributed by atoms with Crippen LogP contribution in [-0.4, -0.2) is 41.9 Å². The number of aliphatic hydroxyl groups excluding tert-OH is 1. The lowest BCUT2D eigenvalue weighted by Gasteiger charge is -2.28. The standard InChI is InChI=1S/C11H21NO5/c1-10(2,3)17-9(15)11(12,6-5-7-13)8(14)16-4/h13H,5-7,12H2,1-4H3/t11-/m0/s1. The Morgan fingerprint density at radius 1 is 1.24 bits per heavy atom. The van der Waals surface area contributed by atoms with E-state index in [0.29, 0.717) is 0 Å². The molecule has 0 amide bonds. The zero-order valence-corrected chi connectivity index (χ0v) is 10.8. The van der Waals surface area contributed by atoms with E-state index in [0.717, 1.165) is 7.11 Å². The minimum Gasteiger partial charge on any atom is -0.467 e. The molecule has 0 aromatic rings. The summed E-state index contributed by atoms with van der Waals surface area (Å²) in [7, 11) is 1.15. The molecule has 100 valence electrons. The minimum atomic E-state index is -1.86. The van der Waals surface area contributed by atoms with E-state index >= 15 is 0 Å². The van der Waals surface area contributed by atoms with Gasteiger partial charge < -0.3 is 20.3 Å². The summed E-state index contributed by atoms with van der Waals surface area (Å²) < 4.78 is 9.58. The van der Waals surface area contributed by atoms with Gasteiger partial charge in [0, 0.05) is 6.61 Å². The molecule has 3 N–H and O–H groups in total. The van der Waals surface area contributed by atoms with Gasteiger partial charge in [-0.2, -0.15) is 0 Å². The first-order valence-electron chi connectivity index (χ1n) is 5.39. The number of hydrogen-bond acceptors (Lipinski definition) is 6. The first-order chi connectivity index (χ1) is 7.67. The maximum Gasteiger partial charge on any atom is 0.338 e.